The van der Waals surface area contributed by atoms with Crippen molar-refractivity contribution in [2.45, 2.75) is 5.03 Å². The van der Waals surface area contributed by atoms with Crippen LogP contribution in [0.1, 0.15) is 10.4 Å². The van der Waals surface area contributed by atoms with Gasteiger partial charge in [-0.3, -0.25) is 9.78 Å². The summed E-state index contributed by atoms with van der Waals surface area (Å²) in [6, 6.07) is 10.8. The van der Waals surface area contributed by atoms with Crippen molar-refractivity contribution in [3.8, 4) is 17.1 Å². The molecule has 3 aromatic rings. The normalized spacial score (nSPS) is 10.6. The fourth-order valence-electron chi connectivity index (χ4n) is 2.47. The van der Waals surface area contributed by atoms with Crippen molar-refractivity contribution in [1.29, 1.82) is 0 Å². The van der Waals surface area contributed by atoms with Crippen molar-refractivity contribution >= 4 is 37.0 Å². The number of anilines is 2. The predicted molar refractivity (Wildman–Crippen MR) is 122 cm³/mol. The number of methoxy groups -OCH3 is 1. The maximum Gasteiger partial charge on any atom is 0.466 e. The number of hydrogen-bond donors (Lipinski definition) is 5. The van der Waals surface area contributed by atoms with Crippen molar-refractivity contribution in [3.63, 3.8) is 0 Å². The van der Waals surface area contributed by atoms with E-state index in [1.54, 1.807) is 50.8 Å². The van der Waals surface area contributed by atoms with Gasteiger partial charge in [-0.2, -0.15) is 0 Å². The van der Waals surface area contributed by atoms with Crippen LogP contribution in [0.25, 0.3) is 11.4 Å². The molecule has 0 aliphatic rings. The molecule has 0 atom stereocenters. The molecule has 0 aliphatic carbocycles. The first-order chi connectivity index (χ1) is 15.2. The van der Waals surface area contributed by atoms with Crippen molar-refractivity contribution in [2.75, 3.05) is 31.0 Å². The number of benzene rings is 1. The zero-order valence-electron chi connectivity index (χ0n) is 17.4. The lowest BCUT2D eigenvalue weighted by Gasteiger charge is -2.14. The highest BCUT2D eigenvalue weighted by Gasteiger charge is 2.21. The van der Waals surface area contributed by atoms with E-state index in [1.807, 2.05) is 18.4 Å². The average Bonchev–Trinajstić information content (AvgIpc) is 2.78. The van der Waals surface area contributed by atoms with Gasteiger partial charge in [0.25, 0.3) is 5.91 Å². The van der Waals surface area contributed by atoms with Crippen molar-refractivity contribution in [1.82, 2.24) is 15.0 Å². The maximum absolute atomic E-state index is 12.9. The Kier molecular flexibility index (Phi) is 9.12. The van der Waals surface area contributed by atoms with Gasteiger partial charge >= 0.3 is 7.82 Å². The van der Waals surface area contributed by atoms with Crippen LogP contribution in [-0.4, -0.2) is 56.0 Å². The van der Waals surface area contributed by atoms with Crippen LogP contribution in [0.2, 0.25) is 0 Å². The third kappa shape index (κ3) is 7.59. The summed E-state index contributed by atoms with van der Waals surface area (Å²) in [5.74, 6) is 1.40. The average molecular weight is 479 g/mol. The molecule has 0 saturated carbocycles. The Morgan fingerprint density at radius 1 is 1.12 bits per heavy atom. The summed E-state index contributed by atoms with van der Waals surface area (Å²) >= 11 is 1.39. The Labute approximate surface area is 188 Å². The van der Waals surface area contributed by atoms with Crippen molar-refractivity contribution in [3.05, 3.63) is 54.4 Å². The van der Waals surface area contributed by atoms with E-state index >= 15 is 0 Å². The second-order valence-electron chi connectivity index (χ2n) is 5.97. The molecule has 0 aliphatic heterocycles. The molecule has 13 heteroatoms. The molecular formula is C19H22N5O6PS. The summed E-state index contributed by atoms with van der Waals surface area (Å²) in [6.45, 7) is 0. The number of carbonyl (C=O) groups excluding carboxylic acids is 1. The number of rotatable bonds is 6. The Morgan fingerprint density at radius 2 is 1.78 bits per heavy atom. The van der Waals surface area contributed by atoms with Gasteiger partial charge in [-0.05, 0) is 42.7 Å². The molecule has 0 spiro atoms. The Bertz CT molecular complexity index is 1060. The molecule has 2 heterocycles. The molecular weight excluding hydrogens is 457 g/mol. The zero-order valence-corrected chi connectivity index (χ0v) is 19.1. The number of nitrogens with one attached hydrogen (secondary N) is 2. The Hall–Kier alpha value is -3.02. The number of amides is 1. The van der Waals surface area contributed by atoms with Gasteiger partial charge in [-0.15, -0.1) is 11.8 Å². The molecule has 1 aromatic carbocycles. The third-order valence-corrected chi connectivity index (χ3v) is 4.48. The minimum atomic E-state index is -4.64. The van der Waals surface area contributed by atoms with Gasteiger partial charge in [0.2, 0.25) is 0 Å². The second kappa shape index (κ2) is 11.6. The minimum Gasteiger partial charge on any atom is -0.497 e. The Morgan fingerprint density at radius 3 is 2.28 bits per heavy atom. The Balaban J connectivity index is 0.000000654. The SMILES string of the molecule is CNc1nc(-c2cccnc2)nc(SC)c1C(=O)Nc1ccc(OC)cc1.O=P(O)(O)O. The van der Waals surface area contributed by atoms with Gasteiger partial charge in [0.1, 0.15) is 22.2 Å². The highest BCUT2D eigenvalue weighted by atomic mass is 32.2. The van der Waals surface area contributed by atoms with Gasteiger partial charge in [0, 0.05) is 30.7 Å². The molecule has 3 rings (SSSR count). The molecule has 11 nitrogen and oxygen atoms in total. The molecule has 0 unspecified atom stereocenters. The molecule has 0 radical (unpaired) electrons. The van der Waals surface area contributed by atoms with Crippen LogP contribution in [0, 0.1) is 0 Å². The summed E-state index contributed by atoms with van der Waals surface area (Å²) in [4.78, 5) is 47.6. The van der Waals surface area contributed by atoms with Gasteiger partial charge in [-0.1, -0.05) is 0 Å². The molecule has 32 heavy (non-hydrogen) atoms. The lowest BCUT2D eigenvalue weighted by molar-refractivity contribution is 0.102. The third-order valence-electron chi connectivity index (χ3n) is 3.80. The molecule has 0 fully saturated rings. The lowest BCUT2D eigenvalue weighted by atomic mass is 10.2. The summed E-state index contributed by atoms with van der Waals surface area (Å²) < 4.78 is 14.0. The molecule has 0 bridgehead atoms. The van der Waals surface area contributed by atoms with Gasteiger partial charge < -0.3 is 30.1 Å². The molecule has 0 saturated heterocycles. The van der Waals surface area contributed by atoms with Crippen LogP contribution in [0.15, 0.2) is 53.8 Å². The van der Waals surface area contributed by atoms with Crippen LogP contribution in [0.5, 0.6) is 5.75 Å². The van der Waals surface area contributed by atoms with Gasteiger partial charge in [-0.25, -0.2) is 14.5 Å². The van der Waals surface area contributed by atoms with E-state index in [4.69, 9.17) is 24.0 Å². The molecule has 5 N–H and O–H groups in total. The van der Waals surface area contributed by atoms with Crippen molar-refractivity contribution in [2.24, 2.45) is 0 Å². The van der Waals surface area contributed by atoms with E-state index in [-0.39, 0.29) is 5.91 Å². The minimum absolute atomic E-state index is 0.286. The van der Waals surface area contributed by atoms with Crippen LogP contribution >= 0.6 is 19.6 Å². The lowest BCUT2D eigenvalue weighted by Crippen LogP contribution is -2.17. The van der Waals surface area contributed by atoms with Crippen molar-refractivity contribution < 1.29 is 28.8 Å². The number of thioether (sulfide) groups is 1. The highest BCUT2D eigenvalue weighted by molar-refractivity contribution is 7.98. The summed E-state index contributed by atoms with van der Waals surface area (Å²) in [5, 5.41) is 6.46. The summed E-state index contributed by atoms with van der Waals surface area (Å²) in [7, 11) is -1.32. The number of aromatic nitrogens is 3. The number of carbonyl (C=O) groups is 1. The number of nitrogens with zero attached hydrogens (tertiary/aromatic N) is 3. The monoisotopic (exact) mass is 479 g/mol. The fourth-order valence-corrected chi connectivity index (χ4v) is 3.04. The fraction of sp³-hybridized carbons (Fsp3) is 0.158. The standard InChI is InChI=1S/C19H19N5O2S.H3O4P/c1-20-17-15(18(25)22-13-6-8-14(26-2)9-7-13)19(27-3)24-16(23-17)12-5-4-10-21-11-12;1-5(2,3)4/h4-11H,1-3H3,(H,22,25)(H,20,23,24);(H3,1,2,3,4). The quantitative estimate of drug-likeness (QED) is 0.200. The second-order valence-corrected chi connectivity index (χ2v) is 7.79. The van der Waals surface area contributed by atoms with E-state index in [1.165, 1.54) is 11.8 Å². The maximum atomic E-state index is 12.9. The first-order valence-electron chi connectivity index (χ1n) is 8.94. The largest absolute Gasteiger partial charge is 0.497 e. The smallest absolute Gasteiger partial charge is 0.466 e. The number of phosphoric acid groups is 1. The van der Waals surface area contributed by atoms with Gasteiger partial charge in [0.15, 0.2) is 5.82 Å². The summed E-state index contributed by atoms with van der Waals surface area (Å²) in [6.07, 6.45) is 5.25. The highest BCUT2D eigenvalue weighted by Crippen LogP contribution is 2.28. The van der Waals surface area contributed by atoms with Crippen LogP contribution in [0.3, 0.4) is 0 Å². The number of hydrogen-bond acceptors (Lipinski definition) is 8. The van der Waals surface area contributed by atoms with Crippen LogP contribution in [-0.2, 0) is 4.57 Å². The number of ether oxygens (including phenoxy) is 1. The first kappa shape index (κ1) is 25.2. The van der Waals surface area contributed by atoms with E-state index < -0.39 is 7.82 Å². The summed E-state index contributed by atoms with van der Waals surface area (Å²) in [5.41, 5.74) is 1.84. The van der Waals surface area contributed by atoms with Gasteiger partial charge in [0.05, 0.1) is 7.11 Å². The zero-order chi connectivity index (χ0) is 23.7. The van der Waals surface area contributed by atoms with E-state index in [0.717, 1.165) is 11.3 Å². The number of pyridine rings is 1. The molecule has 2 aromatic heterocycles. The first-order valence-corrected chi connectivity index (χ1v) is 11.7. The topological polar surface area (TPSA) is 167 Å². The molecule has 170 valence electrons. The van der Waals surface area contributed by atoms with Crippen LogP contribution < -0.4 is 15.4 Å². The van der Waals surface area contributed by atoms with E-state index in [2.05, 4.69) is 25.6 Å². The predicted octanol–water partition coefficient (Wildman–Crippen LogP) is 2.63. The van der Waals surface area contributed by atoms with E-state index in [9.17, 15) is 4.79 Å². The van der Waals surface area contributed by atoms with Crippen LogP contribution in [0.4, 0.5) is 11.5 Å². The van der Waals surface area contributed by atoms with E-state index in [0.29, 0.717) is 27.9 Å². The molecule has 1 amide bonds.